The molecule has 5 rings (SSSR count). The van der Waals surface area contributed by atoms with Crippen molar-refractivity contribution < 1.29 is 4.79 Å². The van der Waals surface area contributed by atoms with E-state index in [0.717, 1.165) is 58.0 Å². The van der Waals surface area contributed by atoms with Crippen molar-refractivity contribution in [2.24, 2.45) is 11.8 Å². The van der Waals surface area contributed by atoms with Gasteiger partial charge in [0, 0.05) is 34.4 Å². The number of rotatable bonds is 4. The molecule has 1 aromatic carbocycles. The van der Waals surface area contributed by atoms with Gasteiger partial charge in [0.05, 0.1) is 10.4 Å². The SMILES string of the molecule is CCC1(NC(=O)c2cc(-c3cncs3)cc3[nH]ccc23)CC2CCC(C2)C1. The van der Waals surface area contributed by atoms with Crippen molar-refractivity contribution in [3.05, 3.63) is 41.7 Å². The summed E-state index contributed by atoms with van der Waals surface area (Å²) in [5, 5.41) is 4.48. The van der Waals surface area contributed by atoms with Gasteiger partial charge in [-0.2, -0.15) is 0 Å². The van der Waals surface area contributed by atoms with E-state index in [1.807, 2.05) is 30.0 Å². The predicted molar refractivity (Wildman–Crippen MR) is 110 cm³/mol. The minimum atomic E-state index is -0.0374. The molecule has 2 bridgehead atoms. The zero-order chi connectivity index (χ0) is 18.4. The van der Waals surface area contributed by atoms with Crippen LogP contribution in [0.1, 0.15) is 55.8 Å². The van der Waals surface area contributed by atoms with Crippen molar-refractivity contribution in [3.8, 4) is 10.4 Å². The number of carbonyl (C=O) groups excluding carboxylic acids is 1. The maximum atomic E-state index is 13.4. The number of thiazole rings is 1. The minimum Gasteiger partial charge on any atom is -0.361 e. The molecule has 2 saturated carbocycles. The van der Waals surface area contributed by atoms with Crippen molar-refractivity contribution in [1.82, 2.24) is 15.3 Å². The first-order valence-corrected chi connectivity index (χ1v) is 10.9. The molecule has 2 N–H and O–H groups in total. The number of amides is 1. The van der Waals surface area contributed by atoms with Crippen LogP contribution >= 0.6 is 11.3 Å². The smallest absolute Gasteiger partial charge is 0.252 e. The van der Waals surface area contributed by atoms with Gasteiger partial charge in [0.25, 0.3) is 5.91 Å². The lowest BCUT2D eigenvalue weighted by Gasteiger charge is -2.41. The summed E-state index contributed by atoms with van der Waals surface area (Å²) in [6.07, 6.45) is 11.1. The second kappa shape index (κ2) is 6.48. The van der Waals surface area contributed by atoms with Gasteiger partial charge in [-0.05, 0) is 61.3 Å². The summed E-state index contributed by atoms with van der Waals surface area (Å²) in [5.74, 6) is 1.65. The molecule has 2 atom stereocenters. The van der Waals surface area contributed by atoms with E-state index in [9.17, 15) is 4.79 Å². The fourth-order valence-corrected chi connectivity index (χ4v) is 5.99. The van der Waals surface area contributed by atoms with Crippen molar-refractivity contribution in [2.45, 2.75) is 51.0 Å². The van der Waals surface area contributed by atoms with E-state index < -0.39 is 0 Å². The van der Waals surface area contributed by atoms with Crippen LogP contribution in [0.4, 0.5) is 0 Å². The van der Waals surface area contributed by atoms with Crippen molar-refractivity contribution >= 4 is 28.1 Å². The van der Waals surface area contributed by atoms with Gasteiger partial charge in [-0.25, -0.2) is 0 Å². The summed E-state index contributed by atoms with van der Waals surface area (Å²) in [4.78, 5) is 22.0. The number of nitrogens with one attached hydrogen (secondary N) is 2. The number of aromatic amines is 1. The van der Waals surface area contributed by atoms with Crippen LogP contribution < -0.4 is 5.32 Å². The fourth-order valence-electron chi connectivity index (χ4n) is 5.38. The molecule has 0 saturated heterocycles. The quantitative estimate of drug-likeness (QED) is 0.639. The molecule has 2 unspecified atom stereocenters. The van der Waals surface area contributed by atoms with Gasteiger partial charge in [0.1, 0.15) is 0 Å². The van der Waals surface area contributed by atoms with Gasteiger partial charge >= 0.3 is 0 Å². The summed E-state index contributed by atoms with van der Waals surface area (Å²) < 4.78 is 0. The number of fused-ring (bicyclic) bond motifs is 3. The second-order valence-electron chi connectivity index (χ2n) is 8.37. The fraction of sp³-hybridized carbons (Fsp3) is 0.455. The topological polar surface area (TPSA) is 57.8 Å². The molecular formula is C22H25N3OS. The maximum Gasteiger partial charge on any atom is 0.252 e. The van der Waals surface area contributed by atoms with Crippen LogP contribution in [-0.4, -0.2) is 21.4 Å². The number of benzene rings is 1. The zero-order valence-electron chi connectivity index (χ0n) is 15.6. The monoisotopic (exact) mass is 379 g/mol. The minimum absolute atomic E-state index is 0.0374. The molecule has 2 aliphatic rings. The van der Waals surface area contributed by atoms with Crippen LogP contribution in [0.2, 0.25) is 0 Å². The third-order valence-electron chi connectivity index (χ3n) is 6.69. The Labute approximate surface area is 163 Å². The maximum absolute atomic E-state index is 13.4. The Morgan fingerprint density at radius 2 is 2.15 bits per heavy atom. The average Bonchev–Trinajstić information content (AvgIpc) is 3.41. The Balaban J connectivity index is 1.51. The lowest BCUT2D eigenvalue weighted by molar-refractivity contribution is 0.0827. The van der Waals surface area contributed by atoms with E-state index in [1.165, 1.54) is 19.3 Å². The van der Waals surface area contributed by atoms with Crippen LogP contribution in [0, 0.1) is 11.8 Å². The highest BCUT2D eigenvalue weighted by molar-refractivity contribution is 7.13. The van der Waals surface area contributed by atoms with E-state index in [2.05, 4.69) is 28.3 Å². The molecule has 0 aliphatic heterocycles. The van der Waals surface area contributed by atoms with Crippen LogP contribution in [0.25, 0.3) is 21.3 Å². The van der Waals surface area contributed by atoms with Gasteiger partial charge in [-0.3, -0.25) is 9.78 Å². The third-order valence-corrected chi connectivity index (χ3v) is 7.52. The zero-order valence-corrected chi connectivity index (χ0v) is 16.4. The first kappa shape index (κ1) is 17.0. The van der Waals surface area contributed by atoms with Crippen molar-refractivity contribution in [2.75, 3.05) is 0 Å². The Kier molecular flexibility index (Phi) is 4.08. The number of aromatic nitrogens is 2. The van der Waals surface area contributed by atoms with Crippen molar-refractivity contribution in [1.29, 1.82) is 0 Å². The van der Waals surface area contributed by atoms with Gasteiger partial charge < -0.3 is 10.3 Å². The second-order valence-corrected chi connectivity index (χ2v) is 9.26. The molecule has 5 heteroatoms. The van der Waals surface area contributed by atoms with Gasteiger partial charge in [0.2, 0.25) is 0 Å². The van der Waals surface area contributed by atoms with Crippen molar-refractivity contribution in [3.63, 3.8) is 0 Å². The van der Waals surface area contributed by atoms with E-state index >= 15 is 0 Å². The standard InChI is InChI=1S/C22H25N3OS/c1-2-22(10-14-3-4-15(7-14)11-22)25-21(26)18-8-16(20-12-23-13-27-20)9-19-17(18)5-6-24-19/h5-6,8-9,12-15,24H,2-4,7,10-11H2,1H3,(H,25,26). The van der Waals surface area contributed by atoms with E-state index in [0.29, 0.717) is 0 Å². The summed E-state index contributed by atoms with van der Waals surface area (Å²) in [5.41, 5.74) is 4.61. The first-order chi connectivity index (χ1) is 13.2. The summed E-state index contributed by atoms with van der Waals surface area (Å²) in [7, 11) is 0. The predicted octanol–water partition coefficient (Wildman–Crippen LogP) is 5.38. The number of hydrogen-bond donors (Lipinski definition) is 2. The lowest BCUT2D eigenvalue weighted by atomic mass is 9.73. The summed E-state index contributed by atoms with van der Waals surface area (Å²) in [6.45, 7) is 2.23. The molecule has 4 nitrogen and oxygen atoms in total. The highest BCUT2D eigenvalue weighted by Gasteiger charge is 2.43. The Morgan fingerprint density at radius 3 is 2.85 bits per heavy atom. The number of nitrogens with zero attached hydrogens (tertiary/aromatic N) is 1. The molecule has 0 spiro atoms. The number of H-pyrrole nitrogens is 1. The first-order valence-electron chi connectivity index (χ1n) is 9.98. The Bertz CT molecular complexity index is 963. The van der Waals surface area contributed by atoms with E-state index in [1.54, 1.807) is 11.3 Å². The van der Waals surface area contributed by atoms with Gasteiger partial charge in [0.15, 0.2) is 0 Å². The number of carbonyl (C=O) groups is 1. The molecule has 1 amide bonds. The number of hydrogen-bond acceptors (Lipinski definition) is 3. The molecule has 140 valence electrons. The average molecular weight is 380 g/mol. The molecule has 27 heavy (non-hydrogen) atoms. The van der Waals surface area contributed by atoms with Crippen LogP contribution in [0.15, 0.2) is 36.1 Å². The molecule has 2 heterocycles. The Morgan fingerprint density at radius 1 is 1.33 bits per heavy atom. The van der Waals surface area contributed by atoms with Gasteiger partial charge in [-0.15, -0.1) is 11.3 Å². The van der Waals surface area contributed by atoms with E-state index in [4.69, 9.17) is 0 Å². The highest BCUT2D eigenvalue weighted by Crippen LogP contribution is 2.47. The summed E-state index contributed by atoms with van der Waals surface area (Å²) >= 11 is 1.60. The van der Waals surface area contributed by atoms with Crippen LogP contribution in [0.3, 0.4) is 0 Å². The summed E-state index contributed by atoms with van der Waals surface area (Å²) in [6, 6.07) is 6.14. The Hall–Kier alpha value is -2.14. The molecule has 2 aromatic heterocycles. The normalized spacial score (nSPS) is 27.1. The van der Waals surface area contributed by atoms with Crippen LogP contribution in [0.5, 0.6) is 0 Å². The molecule has 3 aromatic rings. The van der Waals surface area contributed by atoms with Crippen LogP contribution in [-0.2, 0) is 0 Å². The molecule has 2 aliphatic carbocycles. The highest BCUT2D eigenvalue weighted by atomic mass is 32.1. The molecular weight excluding hydrogens is 354 g/mol. The lowest BCUT2D eigenvalue weighted by Crippen LogP contribution is -2.51. The molecule has 0 radical (unpaired) electrons. The van der Waals surface area contributed by atoms with Gasteiger partial charge in [-0.1, -0.05) is 19.8 Å². The van der Waals surface area contributed by atoms with E-state index in [-0.39, 0.29) is 11.4 Å². The largest absolute Gasteiger partial charge is 0.361 e. The molecule has 2 fully saturated rings. The third kappa shape index (κ3) is 2.98.